The van der Waals surface area contributed by atoms with E-state index in [0.29, 0.717) is 6.61 Å². The van der Waals surface area contributed by atoms with Crippen LogP contribution in [-0.2, 0) is 0 Å². The average Bonchev–Trinajstić information content (AvgIpc) is 2.50. The van der Waals surface area contributed by atoms with E-state index in [9.17, 15) is 0 Å². The average molecular weight is 349 g/mol. The fourth-order valence-corrected chi connectivity index (χ4v) is 2.71. The molecule has 2 rings (SSSR count). The molecule has 0 aliphatic carbocycles. The highest BCUT2D eigenvalue weighted by Crippen LogP contribution is 2.28. The highest BCUT2D eigenvalue weighted by molar-refractivity contribution is 9.10. The molecule has 112 valence electrons. The van der Waals surface area contributed by atoms with Crippen LogP contribution in [0.3, 0.4) is 0 Å². The number of nitrogens with one attached hydrogen (secondary N) is 1. The Morgan fingerprint density at radius 3 is 2.81 bits per heavy atom. The summed E-state index contributed by atoms with van der Waals surface area (Å²) in [7, 11) is 0. The van der Waals surface area contributed by atoms with E-state index in [0.717, 1.165) is 34.4 Å². The summed E-state index contributed by atoms with van der Waals surface area (Å²) in [5.41, 5.74) is 2.16. The van der Waals surface area contributed by atoms with Gasteiger partial charge in [0.15, 0.2) is 0 Å². The minimum Gasteiger partial charge on any atom is -0.494 e. The summed E-state index contributed by atoms with van der Waals surface area (Å²) in [6.07, 6.45) is 2.90. The van der Waals surface area contributed by atoms with Crippen molar-refractivity contribution in [2.75, 3.05) is 13.2 Å². The van der Waals surface area contributed by atoms with E-state index in [1.807, 2.05) is 37.4 Å². The minimum atomic E-state index is 0.0564. The SMILES string of the molecule is CCCNC(c1cccc(OCC)c1)c1ncccc1Br. The van der Waals surface area contributed by atoms with Gasteiger partial charge in [-0.1, -0.05) is 19.1 Å². The molecule has 3 nitrogen and oxygen atoms in total. The van der Waals surface area contributed by atoms with Gasteiger partial charge in [-0.15, -0.1) is 0 Å². The number of ether oxygens (including phenoxy) is 1. The first kappa shape index (κ1) is 16.0. The van der Waals surface area contributed by atoms with Gasteiger partial charge in [0.1, 0.15) is 5.75 Å². The van der Waals surface area contributed by atoms with Crippen LogP contribution in [0.25, 0.3) is 0 Å². The van der Waals surface area contributed by atoms with Crippen LogP contribution < -0.4 is 10.1 Å². The Balaban J connectivity index is 2.36. The van der Waals surface area contributed by atoms with Gasteiger partial charge in [-0.3, -0.25) is 4.98 Å². The van der Waals surface area contributed by atoms with Gasteiger partial charge in [0.05, 0.1) is 18.3 Å². The molecule has 1 unspecified atom stereocenters. The topological polar surface area (TPSA) is 34.1 Å². The van der Waals surface area contributed by atoms with Gasteiger partial charge in [-0.05, 0) is 65.6 Å². The van der Waals surface area contributed by atoms with Gasteiger partial charge < -0.3 is 10.1 Å². The summed E-state index contributed by atoms with van der Waals surface area (Å²) in [5.74, 6) is 0.894. The lowest BCUT2D eigenvalue weighted by Gasteiger charge is -2.20. The van der Waals surface area contributed by atoms with Crippen LogP contribution in [0.1, 0.15) is 37.6 Å². The molecule has 0 aliphatic heterocycles. The van der Waals surface area contributed by atoms with E-state index in [4.69, 9.17) is 4.74 Å². The van der Waals surface area contributed by atoms with E-state index in [1.165, 1.54) is 0 Å². The maximum atomic E-state index is 5.61. The molecule has 0 bridgehead atoms. The number of pyridine rings is 1. The lowest BCUT2D eigenvalue weighted by molar-refractivity contribution is 0.339. The number of nitrogens with zero attached hydrogens (tertiary/aromatic N) is 1. The number of aromatic nitrogens is 1. The molecule has 0 fully saturated rings. The van der Waals surface area contributed by atoms with E-state index in [2.05, 4.69) is 45.3 Å². The van der Waals surface area contributed by atoms with Gasteiger partial charge in [-0.25, -0.2) is 0 Å². The van der Waals surface area contributed by atoms with Crippen LogP contribution in [0, 0.1) is 0 Å². The van der Waals surface area contributed by atoms with Crippen LogP contribution >= 0.6 is 15.9 Å². The standard InChI is InChI=1S/C17H21BrN2O/c1-3-10-19-16(17-15(18)9-6-11-20-17)13-7-5-8-14(12-13)21-4-2/h5-9,11-12,16,19H,3-4,10H2,1-2H3. The van der Waals surface area contributed by atoms with Crippen LogP contribution in [0.4, 0.5) is 0 Å². The normalized spacial score (nSPS) is 12.1. The third-order valence-corrected chi connectivity index (χ3v) is 3.83. The molecule has 0 saturated heterocycles. The number of halogens is 1. The lowest BCUT2D eigenvalue weighted by atomic mass is 10.0. The zero-order chi connectivity index (χ0) is 15.1. The predicted octanol–water partition coefficient (Wildman–Crippen LogP) is 4.33. The van der Waals surface area contributed by atoms with Gasteiger partial charge in [0.2, 0.25) is 0 Å². The molecular formula is C17H21BrN2O. The molecule has 1 N–H and O–H groups in total. The zero-order valence-electron chi connectivity index (χ0n) is 12.5. The van der Waals surface area contributed by atoms with Gasteiger partial charge in [-0.2, -0.15) is 0 Å². The quantitative estimate of drug-likeness (QED) is 0.808. The van der Waals surface area contributed by atoms with Crippen molar-refractivity contribution in [3.05, 3.63) is 58.3 Å². The van der Waals surface area contributed by atoms with Crippen molar-refractivity contribution < 1.29 is 4.74 Å². The van der Waals surface area contributed by atoms with Crippen molar-refractivity contribution in [2.45, 2.75) is 26.3 Å². The Bertz CT molecular complexity index is 574. The molecule has 1 atom stereocenters. The smallest absolute Gasteiger partial charge is 0.119 e. The number of hydrogen-bond acceptors (Lipinski definition) is 3. The molecule has 0 aliphatic rings. The van der Waals surface area contributed by atoms with Crippen molar-refractivity contribution in [2.24, 2.45) is 0 Å². The summed E-state index contributed by atoms with van der Waals surface area (Å²) in [6, 6.07) is 12.2. The number of hydrogen-bond donors (Lipinski definition) is 1. The molecule has 1 aromatic heterocycles. The van der Waals surface area contributed by atoms with Crippen molar-refractivity contribution >= 4 is 15.9 Å². The van der Waals surface area contributed by atoms with Gasteiger partial charge in [0, 0.05) is 10.7 Å². The highest BCUT2D eigenvalue weighted by Gasteiger charge is 2.17. The Hall–Kier alpha value is -1.39. The van der Waals surface area contributed by atoms with Crippen LogP contribution in [-0.4, -0.2) is 18.1 Å². The molecule has 4 heteroatoms. The van der Waals surface area contributed by atoms with Gasteiger partial charge >= 0.3 is 0 Å². The first-order valence-corrected chi connectivity index (χ1v) is 8.12. The molecular weight excluding hydrogens is 328 g/mol. The summed E-state index contributed by atoms with van der Waals surface area (Å²) in [5, 5.41) is 3.56. The maximum Gasteiger partial charge on any atom is 0.119 e. The van der Waals surface area contributed by atoms with E-state index < -0.39 is 0 Å². The van der Waals surface area contributed by atoms with Crippen molar-refractivity contribution in [3.8, 4) is 5.75 Å². The summed E-state index contributed by atoms with van der Waals surface area (Å²) in [4.78, 5) is 4.53. The molecule has 0 spiro atoms. The molecule has 21 heavy (non-hydrogen) atoms. The van der Waals surface area contributed by atoms with E-state index >= 15 is 0 Å². The maximum absolute atomic E-state index is 5.61. The Morgan fingerprint density at radius 2 is 2.10 bits per heavy atom. The first-order chi connectivity index (χ1) is 10.3. The number of benzene rings is 1. The highest BCUT2D eigenvalue weighted by atomic mass is 79.9. The summed E-state index contributed by atoms with van der Waals surface area (Å²) >= 11 is 3.60. The van der Waals surface area contributed by atoms with E-state index in [1.54, 1.807) is 0 Å². The van der Waals surface area contributed by atoms with E-state index in [-0.39, 0.29) is 6.04 Å². The second-order valence-electron chi connectivity index (χ2n) is 4.76. The molecule has 2 aromatic rings. The Labute approximate surface area is 134 Å². The second kappa shape index (κ2) is 8.15. The molecule has 0 amide bonds. The molecule has 0 radical (unpaired) electrons. The predicted molar refractivity (Wildman–Crippen MR) is 89.7 cm³/mol. The minimum absolute atomic E-state index is 0.0564. The van der Waals surface area contributed by atoms with Crippen LogP contribution in [0.15, 0.2) is 47.1 Å². The molecule has 1 aromatic carbocycles. The Kier molecular flexibility index (Phi) is 6.21. The van der Waals surface area contributed by atoms with Crippen molar-refractivity contribution in [1.29, 1.82) is 0 Å². The largest absolute Gasteiger partial charge is 0.494 e. The second-order valence-corrected chi connectivity index (χ2v) is 5.62. The third kappa shape index (κ3) is 4.29. The third-order valence-electron chi connectivity index (χ3n) is 3.16. The van der Waals surface area contributed by atoms with Crippen LogP contribution in [0.2, 0.25) is 0 Å². The first-order valence-electron chi connectivity index (χ1n) is 7.32. The van der Waals surface area contributed by atoms with Crippen LogP contribution in [0.5, 0.6) is 5.75 Å². The van der Waals surface area contributed by atoms with Crippen molar-refractivity contribution in [3.63, 3.8) is 0 Å². The summed E-state index contributed by atoms with van der Waals surface area (Å²) in [6.45, 7) is 5.76. The fraction of sp³-hybridized carbons (Fsp3) is 0.353. The van der Waals surface area contributed by atoms with Gasteiger partial charge in [0.25, 0.3) is 0 Å². The fourth-order valence-electron chi connectivity index (χ4n) is 2.22. The lowest BCUT2D eigenvalue weighted by Crippen LogP contribution is -2.24. The molecule has 1 heterocycles. The summed E-state index contributed by atoms with van der Waals surface area (Å²) < 4.78 is 6.62. The zero-order valence-corrected chi connectivity index (χ0v) is 14.1. The molecule has 0 saturated carbocycles. The number of rotatable bonds is 7. The van der Waals surface area contributed by atoms with Crippen molar-refractivity contribution in [1.82, 2.24) is 10.3 Å². The monoisotopic (exact) mass is 348 g/mol. The Morgan fingerprint density at radius 1 is 1.24 bits per heavy atom.